The summed E-state index contributed by atoms with van der Waals surface area (Å²) in [5.74, 6) is -1.99. The number of hydrogen-bond acceptors (Lipinski definition) is 7. The van der Waals surface area contributed by atoms with Crippen LogP contribution in [0.1, 0.15) is 335 Å². The van der Waals surface area contributed by atoms with Crippen molar-refractivity contribution in [3.8, 4) is 0 Å². The number of carbonyl (C=O) groups is 3. The molecule has 0 aromatic carbocycles. The summed E-state index contributed by atoms with van der Waals surface area (Å²) in [6.45, 7) is 4.68. The number of rotatable bonds is 72. The monoisotopic (exact) mass is 1320 g/mol. The number of esters is 2. The molecular weight excluding hydrogens is 1170 g/mol. The van der Waals surface area contributed by atoms with Crippen molar-refractivity contribution in [2.24, 2.45) is 0 Å². The molecule has 9 nitrogen and oxygen atoms in total. The molecule has 544 valence electrons. The van der Waals surface area contributed by atoms with Crippen molar-refractivity contribution in [1.29, 1.82) is 0 Å². The normalized spacial score (nSPS) is 13.4. The predicted octanol–water partition coefficient (Wildman–Crippen LogP) is 25.3. The fourth-order valence-corrected chi connectivity index (χ4v) is 11.0. The molecule has 0 spiro atoms. The van der Waals surface area contributed by atoms with Crippen molar-refractivity contribution in [2.45, 2.75) is 347 Å². The zero-order valence-electron chi connectivity index (χ0n) is 62.3. The van der Waals surface area contributed by atoms with Crippen molar-refractivity contribution in [1.82, 2.24) is 0 Å². The molecule has 2 atom stereocenters. The first-order valence-corrected chi connectivity index (χ1v) is 39.3. The van der Waals surface area contributed by atoms with Crippen LogP contribution in [-0.2, 0) is 33.3 Å². The van der Waals surface area contributed by atoms with Crippen molar-refractivity contribution >= 4 is 17.9 Å². The molecule has 0 heterocycles. The number of quaternary nitrogens is 1. The first-order valence-electron chi connectivity index (χ1n) is 39.3. The van der Waals surface area contributed by atoms with Crippen molar-refractivity contribution in [2.75, 3.05) is 47.5 Å². The average molecular weight is 1320 g/mol. The first-order chi connectivity index (χ1) is 46.6. The maximum absolute atomic E-state index is 13.0. The van der Waals surface area contributed by atoms with E-state index < -0.39 is 24.3 Å². The molecule has 0 saturated heterocycles. The molecule has 0 rings (SSSR count). The van der Waals surface area contributed by atoms with Crippen LogP contribution in [0, 0.1) is 0 Å². The van der Waals surface area contributed by atoms with Gasteiger partial charge in [-0.05, 0) is 109 Å². The highest BCUT2D eigenvalue weighted by atomic mass is 16.7. The molecule has 1 N–H and O–H groups in total. The topological polar surface area (TPSA) is 108 Å². The van der Waals surface area contributed by atoms with Crippen LogP contribution < -0.4 is 0 Å². The van der Waals surface area contributed by atoms with E-state index in [1.54, 1.807) is 0 Å². The van der Waals surface area contributed by atoms with Gasteiger partial charge in [-0.3, -0.25) is 9.59 Å². The Morgan fingerprint density at radius 3 is 0.842 bits per heavy atom. The summed E-state index contributed by atoms with van der Waals surface area (Å²) >= 11 is 0. The van der Waals surface area contributed by atoms with Crippen LogP contribution in [0.5, 0.6) is 0 Å². The van der Waals surface area contributed by atoms with Crippen molar-refractivity contribution < 1.29 is 42.9 Å². The van der Waals surface area contributed by atoms with Gasteiger partial charge in [0, 0.05) is 12.8 Å². The number of carboxylic acid groups (broad SMARTS) is 1. The van der Waals surface area contributed by atoms with Gasteiger partial charge in [-0.25, -0.2) is 4.79 Å². The minimum atomic E-state index is -1.52. The third-order valence-corrected chi connectivity index (χ3v) is 16.9. The SMILES string of the molecule is CC/C=C\C/C=C\C/C=C\C/C=C\C/C=C\C/C=C\C/C=C\CCCCCCCCCCCCCCCCCCCCCC(=O)OC(COC(=O)CCCCCCCCCCCCCCCCCC/C=C\C/C=C\C/C=C\C/C=C\CC)COC(OCC[N+](C)(C)C)C(=O)O. The van der Waals surface area contributed by atoms with Gasteiger partial charge in [0.05, 0.1) is 34.4 Å². The Kier molecular flexibility index (Phi) is 71.6. The van der Waals surface area contributed by atoms with E-state index in [1.165, 1.54) is 199 Å². The van der Waals surface area contributed by atoms with Crippen LogP contribution in [0.25, 0.3) is 0 Å². The van der Waals surface area contributed by atoms with Gasteiger partial charge in [0.2, 0.25) is 0 Å². The fraction of sp³-hybridized carbons (Fsp3) is 0.709. The van der Waals surface area contributed by atoms with Crippen molar-refractivity contribution in [3.63, 3.8) is 0 Å². The maximum atomic E-state index is 13.0. The second kappa shape index (κ2) is 75.2. The van der Waals surface area contributed by atoms with E-state index in [0.29, 0.717) is 17.4 Å². The van der Waals surface area contributed by atoms with E-state index in [4.69, 9.17) is 18.9 Å². The number of ether oxygens (including phenoxy) is 4. The molecule has 0 fully saturated rings. The Bertz CT molecular complexity index is 2030. The van der Waals surface area contributed by atoms with Gasteiger partial charge in [-0.15, -0.1) is 0 Å². The van der Waals surface area contributed by atoms with Crippen LogP contribution in [-0.4, -0.2) is 87.4 Å². The largest absolute Gasteiger partial charge is 0.477 e. The van der Waals surface area contributed by atoms with Crippen LogP contribution in [0.2, 0.25) is 0 Å². The standard InChI is InChI=1S/C86H147NO8/c1-6-8-10-12-14-16-18-20-22-24-26-28-30-32-34-36-37-38-39-40-41-42-43-44-45-46-47-49-51-53-55-57-59-61-63-65-67-69-71-73-75-77-84(89)95-82(81-94-86(85(90)91)92-79-78-87(3,4)5)80-93-83(88)76-74-72-70-68-66-64-62-60-58-56-54-52-50-48-35-33-31-29-27-25-23-21-19-17-15-13-11-9-7-2/h8-11,14-17,20-23,26-29,32,34,37-38,40-41,82,86H,6-7,12-13,18-19,24-25,30-31,33,35-36,39,42-81H2,1-5H3/p+1/b10-8-,11-9-,16-14-,17-15-,22-20-,23-21-,28-26-,29-27-,34-32-,38-37-,41-40-. The van der Waals surface area contributed by atoms with Gasteiger partial charge < -0.3 is 28.5 Å². The lowest BCUT2D eigenvalue weighted by molar-refractivity contribution is -0.870. The molecule has 0 aromatic rings. The van der Waals surface area contributed by atoms with E-state index >= 15 is 0 Å². The molecule has 0 saturated carbocycles. The molecule has 9 heteroatoms. The highest BCUT2D eigenvalue weighted by Gasteiger charge is 2.25. The van der Waals surface area contributed by atoms with Gasteiger partial charge in [-0.1, -0.05) is 347 Å². The van der Waals surface area contributed by atoms with Crippen LogP contribution in [0.4, 0.5) is 0 Å². The van der Waals surface area contributed by atoms with Crippen LogP contribution >= 0.6 is 0 Å². The average Bonchev–Trinajstić information content (AvgIpc) is 3.54. The zero-order valence-corrected chi connectivity index (χ0v) is 62.3. The third-order valence-electron chi connectivity index (χ3n) is 16.9. The summed E-state index contributed by atoms with van der Waals surface area (Å²) < 4.78 is 23.0. The van der Waals surface area contributed by atoms with E-state index in [9.17, 15) is 19.5 Å². The molecule has 2 unspecified atom stereocenters. The molecule has 95 heavy (non-hydrogen) atoms. The number of carbonyl (C=O) groups excluding carboxylic acids is 2. The number of allylic oxidation sites excluding steroid dienone is 22. The summed E-state index contributed by atoms with van der Waals surface area (Å²) in [6, 6.07) is 0. The molecule has 0 aliphatic heterocycles. The number of carboxylic acids is 1. The molecule has 0 aliphatic carbocycles. The molecule has 0 radical (unpaired) electrons. The molecule has 0 aromatic heterocycles. The lowest BCUT2D eigenvalue weighted by Gasteiger charge is -2.25. The summed E-state index contributed by atoms with van der Waals surface area (Å²) in [4.78, 5) is 37.7. The minimum Gasteiger partial charge on any atom is -0.477 e. The molecular formula is C86H148NO8+. The van der Waals surface area contributed by atoms with Gasteiger partial charge in [-0.2, -0.15) is 0 Å². The van der Waals surface area contributed by atoms with Gasteiger partial charge >= 0.3 is 17.9 Å². The number of nitrogens with zero attached hydrogens (tertiary/aromatic N) is 1. The zero-order chi connectivity index (χ0) is 69.0. The number of aliphatic carboxylic acids is 1. The Hall–Kier alpha value is -4.57. The van der Waals surface area contributed by atoms with E-state index in [1.807, 2.05) is 21.1 Å². The summed E-state index contributed by atoms with van der Waals surface area (Å²) in [5, 5.41) is 9.77. The summed E-state index contributed by atoms with van der Waals surface area (Å²) in [6.07, 6.45) is 106. The Balaban J connectivity index is 4.02. The fourth-order valence-electron chi connectivity index (χ4n) is 11.0. The summed E-state index contributed by atoms with van der Waals surface area (Å²) in [5.41, 5.74) is 0. The van der Waals surface area contributed by atoms with Gasteiger partial charge in [0.15, 0.2) is 6.10 Å². The predicted molar refractivity (Wildman–Crippen MR) is 410 cm³/mol. The third kappa shape index (κ3) is 76.7. The quantitative estimate of drug-likeness (QED) is 0.0211. The number of unbranched alkanes of at least 4 members (excludes halogenated alkanes) is 35. The second-order valence-electron chi connectivity index (χ2n) is 27.3. The summed E-state index contributed by atoms with van der Waals surface area (Å²) in [7, 11) is 5.99. The molecule has 0 amide bonds. The lowest BCUT2D eigenvalue weighted by atomic mass is 10.0. The highest BCUT2D eigenvalue weighted by Crippen LogP contribution is 2.18. The van der Waals surface area contributed by atoms with E-state index in [0.717, 1.165) is 109 Å². The first kappa shape index (κ1) is 90.4. The van der Waals surface area contributed by atoms with Crippen molar-refractivity contribution in [3.05, 3.63) is 134 Å². The van der Waals surface area contributed by atoms with E-state index in [2.05, 4.69) is 148 Å². The second-order valence-corrected chi connectivity index (χ2v) is 27.3. The van der Waals surface area contributed by atoms with Gasteiger partial charge in [0.1, 0.15) is 13.2 Å². The Morgan fingerprint density at radius 1 is 0.316 bits per heavy atom. The molecule has 0 aliphatic rings. The number of likely N-dealkylation sites (N-methyl/N-ethyl adjacent to an activating group) is 1. The Labute approximate surface area is 586 Å². The van der Waals surface area contributed by atoms with Crippen LogP contribution in [0.15, 0.2) is 134 Å². The highest BCUT2D eigenvalue weighted by molar-refractivity contribution is 5.71. The number of hydrogen-bond donors (Lipinski definition) is 1. The van der Waals surface area contributed by atoms with E-state index in [-0.39, 0.29) is 32.2 Å². The molecule has 0 bridgehead atoms. The van der Waals surface area contributed by atoms with Gasteiger partial charge in [0.25, 0.3) is 6.29 Å². The van der Waals surface area contributed by atoms with Crippen LogP contribution in [0.3, 0.4) is 0 Å². The Morgan fingerprint density at radius 2 is 0.568 bits per heavy atom. The smallest absolute Gasteiger partial charge is 0.361 e. The minimum absolute atomic E-state index is 0.183. The lowest BCUT2D eigenvalue weighted by Crippen LogP contribution is -2.40. The maximum Gasteiger partial charge on any atom is 0.361 e.